The summed E-state index contributed by atoms with van der Waals surface area (Å²) in [6, 6.07) is 5.57. The van der Waals surface area contributed by atoms with Gasteiger partial charge in [0.25, 0.3) is 11.6 Å². The van der Waals surface area contributed by atoms with Crippen molar-refractivity contribution in [2.75, 3.05) is 5.32 Å². The fraction of sp³-hybridized carbons (Fsp3) is 0.188. The lowest BCUT2D eigenvalue weighted by atomic mass is 9.93. The molecule has 1 aliphatic carbocycles. The first kappa shape index (κ1) is 14.3. The van der Waals surface area contributed by atoms with Gasteiger partial charge in [-0.2, -0.15) is 5.10 Å². The molecule has 0 saturated carbocycles. The highest BCUT2D eigenvalue weighted by molar-refractivity contribution is 5.93. The normalized spacial score (nSPS) is 12.4. The quantitative estimate of drug-likeness (QED) is 0.612. The number of carbonyl (C=O) groups is 1. The predicted molar refractivity (Wildman–Crippen MR) is 86.4 cm³/mol. The molecule has 3 aromatic rings. The van der Waals surface area contributed by atoms with Crippen LogP contribution in [0.3, 0.4) is 0 Å². The first-order valence-electron chi connectivity index (χ1n) is 7.58. The van der Waals surface area contributed by atoms with E-state index in [-0.39, 0.29) is 0 Å². The molecule has 1 amide bonds. The number of primary amides is 1. The summed E-state index contributed by atoms with van der Waals surface area (Å²) in [4.78, 5) is 24.8. The lowest BCUT2D eigenvalue weighted by Crippen LogP contribution is -2.34. The van der Waals surface area contributed by atoms with Crippen LogP contribution in [0.5, 0.6) is 0 Å². The summed E-state index contributed by atoms with van der Waals surface area (Å²) >= 11 is 0. The van der Waals surface area contributed by atoms with Crippen molar-refractivity contribution in [2.45, 2.75) is 12.8 Å². The van der Waals surface area contributed by atoms with Crippen LogP contribution in [0, 0.1) is 0 Å². The van der Waals surface area contributed by atoms with Gasteiger partial charge in [-0.1, -0.05) is 6.07 Å². The maximum absolute atomic E-state index is 11.6. The summed E-state index contributed by atoms with van der Waals surface area (Å²) in [6.07, 6.45) is 5.01. The molecule has 0 aliphatic heterocycles. The molecule has 0 fully saturated rings. The monoisotopic (exact) mass is 322 g/mol. The summed E-state index contributed by atoms with van der Waals surface area (Å²) < 4.78 is 1.78. The highest BCUT2D eigenvalue weighted by Gasteiger charge is 2.33. The molecule has 8 nitrogen and oxygen atoms in total. The number of hydrogen-bond donors (Lipinski definition) is 3. The van der Waals surface area contributed by atoms with E-state index >= 15 is 0 Å². The van der Waals surface area contributed by atoms with Crippen LogP contribution in [0.4, 0.5) is 11.8 Å². The van der Waals surface area contributed by atoms with Gasteiger partial charge in [0, 0.05) is 18.0 Å². The Bertz CT molecular complexity index is 933. The molecule has 120 valence electrons. The van der Waals surface area contributed by atoms with Crippen LogP contribution in [-0.2, 0) is 19.9 Å². The Balaban J connectivity index is 1.79. The molecule has 0 spiro atoms. The zero-order chi connectivity index (χ0) is 16.7. The Kier molecular flexibility index (Phi) is 3.23. The summed E-state index contributed by atoms with van der Waals surface area (Å²) in [6.45, 7) is 0. The van der Waals surface area contributed by atoms with Gasteiger partial charge in [-0.05, 0) is 25.0 Å². The Morgan fingerprint density at radius 3 is 2.96 bits per heavy atom. The van der Waals surface area contributed by atoms with Crippen molar-refractivity contribution < 1.29 is 9.48 Å². The third-order valence-corrected chi connectivity index (χ3v) is 4.09. The van der Waals surface area contributed by atoms with E-state index in [1.165, 1.54) is 0 Å². The van der Waals surface area contributed by atoms with Gasteiger partial charge in [-0.3, -0.25) is 4.79 Å². The maximum atomic E-state index is 11.6. The molecule has 3 heterocycles. The van der Waals surface area contributed by atoms with Crippen molar-refractivity contribution in [2.24, 2.45) is 12.8 Å². The van der Waals surface area contributed by atoms with Crippen LogP contribution in [0.2, 0.25) is 0 Å². The molecule has 0 atom stereocenters. The minimum atomic E-state index is -0.462. The van der Waals surface area contributed by atoms with Crippen molar-refractivity contribution in [1.82, 2.24) is 20.1 Å². The standard InChI is InChI=1S/C16H15N7O/c1-23-14-10(13(22-23)15(17)24)6-5-9-8-19-16(21-12(9)14)20-11-4-2-3-7-18-11/h2-4,7-8H,5-6H2,1H3,(H3,17,18,19,20,21,24)/p+1. The number of anilines is 2. The Morgan fingerprint density at radius 2 is 2.21 bits per heavy atom. The number of hydrogen-bond acceptors (Lipinski definition) is 5. The lowest BCUT2D eigenvalue weighted by molar-refractivity contribution is -0.716. The van der Waals surface area contributed by atoms with Gasteiger partial charge in [0.15, 0.2) is 12.7 Å². The number of aryl methyl sites for hydroxylation is 2. The van der Waals surface area contributed by atoms with Gasteiger partial charge in [-0.15, -0.1) is 4.68 Å². The van der Waals surface area contributed by atoms with Crippen LogP contribution in [0.15, 0.2) is 30.6 Å². The van der Waals surface area contributed by atoms with Gasteiger partial charge in [0.1, 0.15) is 11.5 Å². The first-order chi connectivity index (χ1) is 11.6. The highest BCUT2D eigenvalue weighted by atomic mass is 16.1. The number of aromatic amines is 1. The Labute approximate surface area is 137 Å². The number of fused-ring (bicyclic) bond motifs is 3. The van der Waals surface area contributed by atoms with E-state index in [1.54, 1.807) is 10.9 Å². The van der Waals surface area contributed by atoms with Gasteiger partial charge in [-0.25, -0.2) is 15.0 Å². The van der Waals surface area contributed by atoms with Crippen molar-refractivity contribution in [3.8, 4) is 11.4 Å². The van der Waals surface area contributed by atoms with Crippen LogP contribution < -0.4 is 15.7 Å². The van der Waals surface area contributed by atoms with Gasteiger partial charge in [0.05, 0.1) is 5.56 Å². The van der Waals surface area contributed by atoms with Crippen molar-refractivity contribution in [1.29, 1.82) is 0 Å². The molecular weight excluding hydrogens is 306 g/mol. The fourth-order valence-electron chi connectivity index (χ4n) is 3.03. The minimum Gasteiger partial charge on any atom is -0.364 e. The van der Waals surface area contributed by atoms with E-state index in [0.717, 1.165) is 35.4 Å². The van der Waals surface area contributed by atoms with Crippen LogP contribution >= 0.6 is 0 Å². The number of rotatable bonds is 3. The number of carbonyl (C=O) groups excluding carboxylic acids is 1. The maximum Gasteiger partial charge on any atom is 0.271 e. The summed E-state index contributed by atoms with van der Waals surface area (Å²) in [5.41, 5.74) is 9.52. The number of nitrogens with zero attached hydrogens (tertiary/aromatic N) is 4. The number of aromatic nitrogens is 5. The SMILES string of the molecule is C[n+]1[nH]c(C(N)=O)c2c1-c1nc(Nc3ccccn3)ncc1CC2. The van der Waals surface area contributed by atoms with E-state index in [4.69, 9.17) is 5.73 Å². The zero-order valence-electron chi connectivity index (χ0n) is 13.1. The first-order valence-corrected chi connectivity index (χ1v) is 7.58. The molecule has 0 radical (unpaired) electrons. The average Bonchev–Trinajstić information content (AvgIpc) is 2.93. The smallest absolute Gasteiger partial charge is 0.271 e. The van der Waals surface area contributed by atoms with E-state index in [2.05, 4.69) is 25.4 Å². The molecule has 8 heteroatoms. The van der Waals surface area contributed by atoms with Crippen molar-refractivity contribution in [3.63, 3.8) is 0 Å². The Hall–Kier alpha value is -3.29. The van der Waals surface area contributed by atoms with E-state index in [9.17, 15) is 4.79 Å². The largest absolute Gasteiger partial charge is 0.364 e. The molecule has 0 aromatic carbocycles. The lowest BCUT2D eigenvalue weighted by Gasteiger charge is -2.13. The minimum absolute atomic E-state index is 0.441. The topological polar surface area (TPSA) is 113 Å². The highest BCUT2D eigenvalue weighted by Crippen LogP contribution is 2.31. The van der Waals surface area contributed by atoms with E-state index < -0.39 is 5.91 Å². The molecule has 1 aliphatic rings. The molecule has 3 aromatic heterocycles. The number of H-pyrrole nitrogens is 1. The Morgan fingerprint density at radius 1 is 1.33 bits per heavy atom. The van der Waals surface area contributed by atoms with Crippen molar-refractivity contribution >= 4 is 17.7 Å². The van der Waals surface area contributed by atoms with Crippen molar-refractivity contribution in [3.05, 3.63) is 47.4 Å². The molecule has 24 heavy (non-hydrogen) atoms. The molecular formula is C16H16N7O+. The van der Waals surface area contributed by atoms with Crippen LogP contribution in [-0.4, -0.2) is 26.0 Å². The third-order valence-electron chi connectivity index (χ3n) is 4.09. The molecule has 4 N–H and O–H groups in total. The summed E-state index contributed by atoms with van der Waals surface area (Å²) in [7, 11) is 1.84. The van der Waals surface area contributed by atoms with Gasteiger partial charge >= 0.3 is 0 Å². The number of nitrogens with two attached hydrogens (primary N) is 1. The number of nitrogens with one attached hydrogen (secondary N) is 2. The second-order valence-electron chi connectivity index (χ2n) is 5.64. The summed E-state index contributed by atoms with van der Waals surface area (Å²) in [5, 5.41) is 6.10. The van der Waals surface area contributed by atoms with Gasteiger partial charge in [0.2, 0.25) is 5.95 Å². The second-order valence-corrected chi connectivity index (χ2v) is 5.64. The average molecular weight is 322 g/mol. The van der Waals surface area contributed by atoms with Gasteiger partial charge < -0.3 is 11.1 Å². The third kappa shape index (κ3) is 2.28. The zero-order valence-corrected chi connectivity index (χ0v) is 13.1. The number of amides is 1. The molecule has 0 bridgehead atoms. The second kappa shape index (κ2) is 5.41. The van der Waals surface area contributed by atoms with Crippen LogP contribution in [0.25, 0.3) is 11.4 Å². The molecule has 4 rings (SSSR count). The van der Waals surface area contributed by atoms with E-state index in [1.807, 2.05) is 31.4 Å². The fourth-order valence-corrected chi connectivity index (χ4v) is 3.03. The van der Waals surface area contributed by atoms with Crippen LogP contribution in [0.1, 0.15) is 21.6 Å². The molecule has 0 unspecified atom stereocenters. The summed E-state index contributed by atoms with van der Waals surface area (Å²) in [5.74, 6) is 0.670. The number of pyridine rings is 1. The predicted octanol–water partition coefficient (Wildman–Crippen LogP) is 0.632. The van der Waals surface area contributed by atoms with E-state index in [0.29, 0.717) is 17.5 Å². The molecule has 0 saturated heterocycles.